The maximum Gasteiger partial charge on any atom is 0.342 e. The number of carbonyl (C=O) groups is 1. The van der Waals surface area contributed by atoms with Gasteiger partial charge in [0.2, 0.25) is 5.16 Å². The number of phenolic OH excluding ortho intramolecular Hbond substituents is 1. The molecular formula is C15H17N3O4S. The van der Waals surface area contributed by atoms with Gasteiger partial charge in [0.05, 0.1) is 6.61 Å². The lowest BCUT2D eigenvalue weighted by Gasteiger charge is -2.07. The minimum absolute atomic E-state index is 0.00934. The van der Waals surface area contributed by atoms with E-state index < -0.39 is 5.97 Å². The van der Waals surface area contributed by atoms with Crippen LogP contribution in [0.1, 0.15) is 25.2 Å². The number of aromatic nitrogens is 3. The van der Waals surface area contributed by atoms with E-state index in [2.05, 4.69) is 15.2 Å². The highest BCUT2D eigenvalue weighted by molar-refractivity contribution is 8.04. The van der Waals surface area contributed by atoms with Gasteiger partial charge >= 0.3 is 5.97 Å². The predicted octanol–water partition coefficient (Wildman–Crippen LogP) is 2.69. The third-order valence-corrected chi connectivity index (χ3v) is 3.72. The van der Waals surface area contributed by atoms with Crippen LogP contribution < -0.4 is 4.74 Å². The molecule has 0 aliphatic rings. The van der Waals surface area contributed by atoms with E-state index >= 15 is 0 Å². The maximum atomic E-state index is 11.4. The average molecular weight is 335 g/mol. The van der Waals surface area contributed by atoms with Gasteiger partial charge in [0.15, 0.2) is 11.5 Å². The number of hydrogen-bond acceptors (Lipinski definition) is 6. The molecule has 1 aromatic carbocycles. The number of carboxylic acid groups (broad SMARTS) is 1. The summed E-state index contributed by atoms with van der Waals surface area (Å²) in [5.41, 5.74) is 0.599. The summed E-state index contributed by atoms with van der Waals surface area (Å²) in [7, 11) is 0. The zero-order valence-electron chi connectivity index (χ0n) is 12.7. The molecule has 1 aromatic heterocycles. The summed E-state index contributed by atoms with van der Waals surface area (Å²) in [6.07, 6.45) is 2.17. The van der Waals surface area contributed by atoms with E-state index in [-0.39, 0.29) is 10.7 Å². The van der Waals surface area contributed by atoms with Gasteiger partial charge in [0.1, 0.15) is 10.7 Å². The molecule has 0 radical (unpaired) electrons. The average Bonchev–Trinajstić information content (AvgIpc) is 2.97. The fraction of sp³-hybridized carbons (Fsp3) is 0.267. The molecule has 0 spiro atoms. The molecule has 0 saturated carbocycles. The number of aromatic hydroxyl groups is 1. The number of aromatic amines is 1. The molecule has 0 fully saturated rings. The molecule has 23 heavy (non-hydrogen) atoms. The molecule has 0 atom stereocenters. The maximum absolute atomic E-state index is 11.4. The zero-order chi connectivity index (χ0) is 16.8. The Kier molecular flexibility index (Phi) is 5.64. The first kappa shape index (κ1) is 16.9. The van der Waals surface area contributed by atoms with E-state index in [0.29, 0.717) is 35.3 Å². The van der Waals surface area contributed by atoms with E-state index in [0.717, 1.165) is 11.8 Å². The summed E-state index contributed by atoms with van der Waals surface area (Å²) in [4.78, 5) is 15.7. The number of hydrogen-bond donors (Lipinski definition) is 3. The normalized spacial score (nSPS) is 11.5. The lowest BCUT2D eigenvalue weighted by molar-refractivity contribution is -0.131. The topological polar surface area (TPSA) is 108 Å². The summed E-state index contributed by atoms with van der Waals surface area (Å²) in [5.74, 6) is -0.0679. The minimum atomic E-state index is -1.08. The van der Waals surface area contributed by atoms with Crippen molar-refractivity contribution in [3.63, 3.8) is 0 Å². The van der Waals surface area contributed by atoms with Gasteiger partial charge in [-0.3, -0.25) is 5.10 Å². The Balaban J connectivity index is 2.27. The number of nitrogens with one attached hydrogen (secondary N) is 1. The van der Waals surface area contributed by atoms with Crippen molar-refractivity contribution in [1.82, 2.24) is 15.2 Å². The monoisotopic (exact) mass is 335 g/mol. The quantitative estimate of drug-likeness (QED) is 0.527. The standard InChI is InChI=1S/C15H17N3O4S/c1-3-13-16-15(18-17-13)23-12(14(20)21)8-9-5-6-10(19)11(7-9)22-4-2/h5-8,19H,3-4H2,1-2H3,(H,20,21)(H,16,17,18)/b12-8-. The van der Waals surface area contributed by atoms with E-state index in [1.165, 1.54) is 12.1 Å². The molecule has 2 rings (SSSR count). The van der Waals surface area contributed by atoms with Gasteiger partial charge in [-0.2, -0.15) is 0 Å². The van der Waals surface area contributed by atoms with Crippen molar-refractivity contribution < 1.29 is 19.7 Å². The molecule has 3 N–H and O–H groups in total. The Morgan fingerprint density at radius 1 is 1.43 bits per heavy atom. The largest absolute Gasteiger partial charge is 0.504 e. The second-order valence-corrected chi connectivity index (χ2v) is 5.50. The van der Waals surface area contributed by atoms with Crippen LogP contribution in [-0.2, 0) is 11.2 Å². The molecule has 1 heterocycles. The van der Waals surface area contributed by atoms with Gasteiger partial charge in [-0.1, -0.05) is 13.0 Å². The van der Waals surface area contributed by atoms with Crippen molar-refractivity contribution in [1.29, 1.82) is 0 Å². The first-order valence-electron chi connectivity index (χ1n) is 7.03. The van der Waals surface area contributed by atoms with Crippen LogP contribution in [-0.4, -0.2) is 38.0 Å². The highest BCUT2D eigenvalue weighted by atomic mass is 32.2. The van der Waals surface area contributed by atoms with Crippen molar-refractivity contribution in [2.75, 3.05) is 6.61 Å². The number of carboxylic acids is 1. The van der Waals surface area contributed by atoms with Crippen LogP contribution in [0.5, 0.6) is 11.5 Å². The SMILES string of the molecule is CCOc1cc(/C=C(\Sc2n[nH]c(CC)n2)C(=O)O)ccc1O. The zero-order valence-corrected chi connectivity index (χ0v) is 13.6. The molecule has 0 aliphatic carbocycles. The van der Waals surface area contributed by atoms with Crippen molar-refractivity contribution in [3.8, 4) is 11.5 Å². The Morgan fingerprint density at radius 3 is 2.83 bits per heavy atom. The molecule has 0 bridgehead atoms. The van der Waals surface area contributed by atoms with Crippen LogP contribution in [0.15, 0.2) is 28.3 Å². The van der Waals surface area contributed by atoms with E-state index in [1.807, 2.05) is 6.92 Å². The minimum Gasteiger partial charge on any atom is -0.504 e. The number of ether oxygens (including phenoxy) is 1. The van der Waals surface area contributed by atoms with Crippen LogP contribution >= 0.6 is 11.8 Å². The van der Waals surface area contributed by atoms with Crippen molar-refractivity contribution in [2.45, 2.75) is 25.4 Å². The Hall–Kier alpha value is -2.48. The molecule has 7 nitrogen and oxygen atoms in total. The van der Waals surface area contributed by atoms with Gasteiger partial charge in [0, 0.05) is 6.42 Å². The second-order valence-electron chi connectivity index (χ2n) is 4.49. The van der Waals surface area contributed by atoms with Crippen molar-refractivity contribution in [3.05, 3.63) is 34.5 Å². The highest BCUT2D eigenvalue weighted by Gasteiger charge is 2.14. The number of benzene rings is 1. The first-order valence-corrected chi connectivity index (χ1v) is 7.85. The summed E-state index contributed by atoms with van der Waals surface area (Å²) < 4.78 is 5.29. The molecule has 0 saturated heterocycles. The van der Waals surface area contributed by atoms with E-state index in [1.54, 1.807) is 19.1 Å². The Bertz CT molecular complexity index is 727. The van der Waals surface area contributed by atoms with E-state index in [9.17, 15) is 15.0 Å². The number of phenols is 1. The number of H-pyrrole nitrogens is 1. The lowest BCUT2D eigenvalue weighted by atomic mass is 10.2. The van der Waals surface area contributed by atoms with Crippen LogP contribution in [0.2, 0.25) is 0 Å². The Labute approximate surface area is 137 Å². The first-order chi connectivity index (χ1) is 11.0. The molecule has 0 aliphatic heterocycles. The lowest BCUT2D eigenvalue weighted by Crippen LogP contribution is -1.98. The van der Waals surface area contributed by atoms with Gasteiger partial charge < -0.3 is 14.9 Å². The number of thioether (sulfide) groups is 1. The summed E-state index contributed by atoms with van der Waals surface area (Å²) in [5, 5.41) is 26.1. The third kappa shape index (κ3) is 4.49. The number of rotatable bonds is 7. The summed E-state index contributed by atoms with van der Waals surface area (Å²) in [6, 6.07) is 4.65. The molecule has 0 unspecified atom stereocenters. The van der Waals surface area contributed by atoms with Gasteiger partial charge in [0.25, 0.3) is 0 Å². The van der Waals surface area contributed by atoms with Gasteiger partial charge in [-0.15, -0.1) is 5.10 Å². The Morgan fingerprint density at radius 2 is 2.22 bits per heavy atom. The molecule has 122 valence electrons. The summed E-state index contributed by atoms with van der Waals surface area (Å²) in [6.45, 7) is 4.13. The number of nitrogens with zero attached hydrogens (tertiary/aromatic N) is 2. The number of aliphatic carboxylic acids is 1. The van der Waals surface area contributed by atoms with Crippen LogP contribution in [0.25, 0.3) is 6.08 Å². The molecule has 8 heteroatoms. The van der Waals surface area contributed by atoms with Crippen LogP contribution in [0.3, 0.4) is 0 Å². The fourth-order valence-corrected chi connectivity index (χ4v) is 2.48. The molecule has 0 amide bonds. The number of aryl methyl sites for hydroxylation is 1. The highest BCUT2D eigenvalue weighted by Crippen LogP contribution is 2.30. The van der Waals surface area contributed by atoms with Gasteiger partial charge in [-0.25, -0.2) is 9.78 Å². The second kappa shape index (κ2) is 7.68. The third-order valence-electron chi connectivity index (χ3n) is 2.84. The van der Waals surface area contributed by atoms with Crippen LogP contribution in [0.4, 0.5) is 0 Å². The van der Waals surface area contributed by atoms with Crippen LogP contribution in [0, 0.1) is 0 Å². The van der Waals surface area contributed by atoms with Crippen molar-refractivity contribution in [2.24, 2.45) is 0 Å². The van der Waals surface area contributed by atoms with E-state index in [4.69, 9.17) is 4.74 Å². The summed E-state index contributed by atoms with van der Waals surface area (Å²) >= 11 is 0.956. The molecule has 2 aromatic rings. The molecular weight excluding hydrogens is 318 g/mol. The van der Waals surface area contributed by atoms with Gasteiger partial charge in [-0.05, 0) is 42.5 Å². The predicted molar refractivity (Wildman–Crippen MR) is 86.5 cm³/mol. The smallest absolute Gasteiger partial charge is 0.342 e. The fourth-order valence-electron chi connectivity index (χ4n) is 1.76. The van der Waals surface area contributed by atoms with Crippen molar-refractivity contribution >= 4 is 23.8 Å².